The van der Waals surface area contributed by atoms with Gasteiger partial charge >= 0.3 is 1.43 Å². The minimum Gasteiger partial charge on any atom is -0.487 e. The number of nitrogens with one attached hydrogen (secondary N) is 1. The van der Waals surface area contributed by atoms with Crippen molar-refractivity contribution in [2.75, 3.05) is 11.9 Å². The van der Waals surface area contributed by atoms with E-state index in [1.807, 2.05) is 24.3 Å². The molecule has 2 rings (SSSR count). The molecular formula is C8H10NO2+. The molecule has 58 valence electrons. The van der Waals surface area contributed by atoms with Crippen LogP contribution in [0.2, 0.25) is 0 Å². The number of para-hydroxylation sites is 2. The van der Waals surface area contributed by atoms with Gasteiger partial charge in [0.05, 0.1) is 5.69 Å². The zero-order valence-corrected chi connectivity index (χ0v) is 5.95. The Morgan fingerprint density at radius 1 is 1.55 bits per heavy atom. The number of aliphatic hydroxyl groups is 1. The van der Waals surface area contributed by atoms with Crippen LogP contribution in [-0.2, 0) is 0 Å². The van der Waals surface area contributed by atoms with Crippen LogP contribution in [0.5, 0.6) is 5.75 Å². The van der Waals surface area contributed by atoms with Gasteiger partial charge in [0.2, 0.25) is 0 Å². The van der Waals surface area contributed by atoms with Crippen LogP contribution in [0.1, 0.15) is 1.43 Å². The van der Waals surface area contributed by atoms with E-state index in [0.29, 0.717) is 6.61 Å². The second-order valence-electron chi connectivity index (χ2n) is 2.47. The predicted molar refractivity (Wildman–Crippen MR) is 42.7 cm³/mol. The molecule has 11 heavy (non-hydrogen) atoms. The van der Waals surface area contributed by atoms with E-state index >= 15 is 0 Å². The molecule has 1 aliphatic heterocycles. The van der Waals surface area contributed by atoms with Gasteiger partial charge in [-0.25, -0.2) is 0 Å². The van der Waals surface area contributed by atoms with Crippen LogP contribution < -0.4 is 10.1 Å². The van der Waals surface area contributed by atoms with Crippen LogP contribution >= 0.6 is 0 Å². The minimum absolute atomic E-state index is 0. The highest BCUT2D eigenvalue weighted by atomic mass is 16.5. The summed E-state index contributed by atoms with van der Waals surface area (Å²) >= 11 is 0. The van der Waals surface area contributed by atoms with E-state index in [9.17, 15) is 0 Å². The predicted octanol–water partition coefficient (Wildman–Crippen LogP) is 0.922. The first kappa shape index (κ1) is 6.49. The number of rotatable bonds is 0. The standard InChI is InChI=1S/C8H9NO2/c10-8-5-11-7-4-2-1-3-6(7)9-8/h1-4,8-10H,5H2/p+1. The number of fused-ring (bicyclic) bond motifs is 1. The highest BCUT2D eigenvalue weighted by Crippen LogP contribution is 2.26. The summed E-state index contributed by atoms with van der Waals surface area (Å²) in [5, 5.41) is 12.0. The van der Waals surface area contributed by atoms with E-state index in [0.717, 1.165) is 11.4 Å². The molecular weight excluding hydrogens is 142 g/mol. The number of anilines is 1. The van der Waals surface area contributed by atoms with Crippen molar-refractivity contribution in [3.8, 4) is 5.75 Å². The number of benzene rings is 1. The average Bonchev–Trinajstić information content (AvgIpc) is 2.04. The fourth-order valence-corrected chi connectivity index (χ4v) is 1.10. The number of hydrogen-bond acceptors (Lipinski definition) is 3. The summed E-state index contributed by atoms with van der Waals surface area (Å²) in [4.78, 5) is 0. The number of aliphatic hydroxyl groups excluding tert-OH is 1. The normalized spacial score (nSPS) is 21.4. The van der Waals surface area contributed by atoms with Gasteiger partial charge in [0.25, 0.3) is 0 Å². The van der Waals surface area contributed by atoms with Gasteiger partial charge in [0.1, 0.15) is 12.4 Å². The van der Waals surface area contributed by atoms with Gasteiger partial charge in [0.15, 0.2) is 6.23 Å². The Morgan fingerprint density at radius 3 is 3.27 bits per heavy atom. The second-order valence-corrected chi connectivity index (χ2v) is 2.47. The Hall–Kier alpha value is -1.22. The van der Waals surface area contributed by atoms with E-state index < -0.39 is 6.23 Å². The smallest absolute Gasteiger partial charge is 0.487 e. The van der Waals surface area contributed by atoms with Crippen molar-refractivity contribution < 1.29 is 11.3 Å². The van der Waals surface area contributed by atoms with Gasteiger partial charge in [0, 0.05) is 0 Å². The third-order valence-electron chi connectivity index (χ3n) is 1.61. The molecule has 1 aliphatic rings. The van der Waals surface area contributed by atoms with E-state index in [-0.39, 0.29) is 1.43 Å². The lowest BCUT2D eigenvalue weighted by Gasteiger charge is -2.23. The molecule has 1 aromatic rings. The molecule has 3 nitrogen and oxygen atoms in total. The van der Waals surface area contributed by atoms with Crippen molar-refractivity contribution in [2.24, 2.45) is 0 Å². The first-order chi connectivity index (χ1) is 5.36. The van der Waals surface area contributed by atoms with E-state index in [4.69, 9.17) is 9.84 Å². The van der Waals surface area contributed by atoms with Crippen LogP contribution in [0.25, 0.3) is 0 Å². The molecule has 1 atom stereocenters. The first-order valence-electron chi connectivity index (χ1n) is 3.53. The summed E-state index contributed by atoms with van der Waals surface area (Å²) in [6, 6.07) is 7.54. The van der Waals surface area contributed by atoms with Crippen LogP contribution in [-0.4, -0.2) is 17.9 Å². The van der Waals surface area contributed by atoms with Crippen molar-refractivity contribution in [3.05, 3.63) is 24.3 Å². The van der Waals surface area contributed by atoms with Gasteiger partial charge < -0.3 is 15.2 Å². The van der Waals surface area contributed by atoms with Crippen molar-refractivity contribution >= 4 is 5.69 Å². The molecule has 1 heterocycles. The van der Waals surface area contributed by atoms with E-state index in [2.05, 4.69) is 5.32 Å². The topological polar surface area (TPSA) is 41.5 Å². The van der Waals surface area contributed by atoms with Gasteiger partial charge in [-0.15, -0.1) is 0 Å². The highest BCUT2D eigenvalue weighted by molar-refractivity contribution is 5.57. The Bertz CT molecular complexity index is 267. The van der Waals surface area contributed by atoms with Crippen LogP contribution in [0.3, 0.4) is 0 Å². The van der Waals surface area contributed by atoms with E-state index in [1.165, 1.54) is 0 Å². The lowest BCUT2D eigenvalue weighted by molar-refractivity contribution is 0.119. The maximum absolute atomic E-state index is 9.12. The zero-order valence-electron chi connectivity index (χ0n) is 6.95. The highest BCUT2D eigenvalue weighted by Gasteiger charge is 2.14. The summed E-state index contributed by atoms with van der Waals surface area (Å²) in [6.07, 6.45) is -0.579. The summed E-state index contributed by atoms with van der Waals surface area (Å²) < 4.78 is 5.22. The lowest BCUT2D eigenvalue weighted by atomic mass is 10.2. The fraction of sp³-hybridized carbons (Fsp3) is 0.250. The van der Waals surface area contributed by atoms with Crippen LogP contribution in [0.15, 0.2) is 24.3 Å². The molecule has 1 unspecified atom stereocenters. The average molecular weight is 152 g/mol. The first-order valence-corrected chi connectivity index (χ1v) is 3.53. The van der Waals surface area contributed by atoms with Crippen molar-refractivity contribution in [2.45, 2.75) is 6.23 Å². The summed E-state index contributed by atoms with van der Waals surface area (Å²) in [5.74, 6) is 0.804. The quantitative estimate of drug-likeness (QED) is 0.581. The lowest BCUT2D eigenvalue weighted by Crippen LogP contribution is -2.30. The monoisotopic (exact) mass is 152 g/mol. The van der Waals surface area contributed by atoms with Crippen LogP contribution in [0, 0.1) is 0 Å². The van der Waals surface area contributed by atoms with Crippen molar-refractivity contribution in [3.63, 3.8) is 0 Å². The third kappa shape index (κ3) is 1.14. The zero-order chi connectivity index (χ0) is 7.68. The van der Waals surface area contributed by atoms with Gasteiger partial charge in [-0.1, -0.05) is 12.1 Å². The molecule has 0 fully saturated rings. The van der Waals surface area contributed by atoms with Crippen molar-refractivity contribution in [1.29, 1.82) is 0 Å². The Labute approximate surface area is 66.1 Å². The Morgan fingerprint density at radius 2 is 2.36 bits per heavy atom. The molecule has 0 saturated carbocycles. The Balaban J connectivity index is 0.000000720. The minimum atomic E-state index is -0.579. The third-order valence-corrected chi connectivity index (χ3v) is 1.61. The van der Waals surface area contributed by atoms with Gasteiger partial charge in [-0.05, 0) is 12.1 Å². The summed E-state index contributed by atoms with van der Waals surface area (Å²) in [7, 11) is 0. The van der Waals surface area contributed by atoms with Crippen molar-refractivity contribution in [1.82, 2.24) is 0 Å². The maximum Gasteiger partial charge on any atom is 1.00 e. The summed E-state index contributed by atoms with van der Waals surface area (Å²) in [6.45, 7) is 0.316. The molecule has 0 bridgehead atoms. The molecule has 0 radical (unpaired) electrons. The Kier molecular flexibility index (Phi) is 1.43. The fourth-order valence-electron chi connectivity index (χ4n) is 1.10. The number of hydrogen-bond donors (Lipinski definition) is 2. The van der Waals surface area contributed by atoms with Gasteiger partial charge in [-0.3, -0.25) is 0 Å². The SMILES string of the molecule is OC1COc2ccccc2N1.[H+]. The molecule has 3 heteroatoms. The molecule has 0 saturated heterocycles. The molecule has 1 aromatic carbocycles. The van der Waals surface area contributed by atoms with Crippen LogP contribution in [0.4, 0.5) is 5.69 Å². The second kappa shape index (κ2) is 2.43. The molecule has 0 aromatic heterocycles. The maximum atomic E-state index is 9.12. The molecule has 2 N–H and O–H groups in total. The molecule has 0 spiro atoms. The molecule has 0 aliphatic carbocycles. The number of ether oxygens (including phenoxy) is 1. The summed E-state index contributed by atoms with van der Waals surface area (Å²) in [5.41, 5.74) is 0.853. The largest absolute Gasteiger partial charge is 1.00 e. The molecule has 0 amide bonds. The van der Waals surface area contributed by atoms with E-state index in [1.54, 1.807) is 0 Å². The van der Waals surface area contributed by atoms with Gasteiger partial charge in [-0.2, -0.15) is 0 Å².